The lowest BCUT2D eigenvalue weighted by molar-refractivity contribution is -0.120. The summed E-state index contributed by atoms with van der Waals surface area (Å²) in [7, 11) is 5.92. The Balaban J connectivity index is 1.33. The monoisotopic (exact) mass is 757 g/mol. The molecule has 1 aliphatic carbocycles. The molecule has 14 nitrogen and oxygen atoms in total. The number of ether oxygens (including phenoxy) is 5. The summed E-state index contributed by atoms with van der Waals surface area (Å²) in [5, 5.41) is 10.2. The van der Waals surface area contributed by atoms with Gasteiger partial charge in [0.15, 0.2) is 5.75 Å². The van der Waals surface area contributed by atoms with Crippen LogP contribution in [0.25, 0.3) is 11.3 Å². The number of hydrogen-bond acceptors (Lipinski definition) is 12. The molecule has 6 rings (SSSR count). The first-order chi connectivity index (χ1) is 23.6. The topological polar surface area (TPSA) is 165 Å². The van der Waals surface area contributed by atoms with Crippen LogP contribution in [0.15, 0.2) is 39.5 Å². The Morgan fingerprint density at radius 2 is 1.78 bits per heavy atom. The molecule has 2 N–H and O–H groups in total. The third kappa shape index (κ3) is 5.89. The Bertz CT molecular complexity index is 1940. The van der Waals surface area contributed by atoms with Crippen LogP contribution in [0.3, 0.4) is 0 Å². The van der Waals surface area contributed by atoms with Gasteiger partial charge < -0.3 is 38.7 Å². The fourth-order valence-electron chi connectivity index (χ4n) is 6.23. The smallest absolute Gasteiger partial charge is 0.237 e. The third-order valence-corrected chi connectivity index (χ3v) is 9.26. The fourth-order valence-corrected chi connectivity index (χ4v) is 6.86. The van der Waals surface area contributed by atoms with E-state index >= 15 is 0 Å². The van der Waals surface area contributed by atoms with Gasteiger partial charge in [-0.1, -0.05) is 18.5 Å². The number of amides is 1. The standard InChI is InChI=1S/C33H33BrClN5O9/c1-16-12-21-24(29(42)33(16)30(43)25-20(46-4)14-22(47-5)26(35)28(25)49-33)19(27(48-21)17-6-8-18(45-3)9-7-17)13-23(41)36-10-11-37-32-38-31(34)39-40(32)15-44-2/h6-9,14,16H,10-13,15H2,1-5H3,(H,36,41)(H,37,38,39). The van der Waals surface area contributed by atoms with E-state index in [1.54, 1.807) is 45.4 Å². The van der Waals surface area contributed by atoms with Crippen LogP contribution >= 0.6 is 27.5 Å². The van der Waals surface area contributed by atoms with Crippen molar-refractivity contribution in [3.05, 3.63) is 62.5 Å². The normalized spacial score (nSPS) is 17.8. The maximum absolute atomic E-state index is 14.7. The van der Waals surface area contributed by atoms with Gasteiger partial charge in [0.05, 0.1) is 33.3 Å². The lowest BCUT2D eigenvalue weighted by Gasteiger charge is -2.35. The number of hydrogen-bond donors (Lipinski definition) is 2. The molecule has 1 aliphatic heterocycles. The molecule has 258 valence electrons. The van der Waals surface area contributed by atoms with E-state index in [0.29, 0.717) is 45.6 Å². The average molecular weight is 759 g/mol. The van der Waals surface area contributed by atoms with Crippen LogP contribution in [0.4, 0.5) is 5.95 Å². The summed E-state index contributed by atoms with van der Waals surface area (Å²) < 4.78 is 35.9. The summed E-state index contributed by atoms with van der Waals surface area (Å²) >= 11 is 9.85. The summed E-state index contributed by atoms with van der Waals surface area (Å²) in [6.07, 6.45) is -0.0505. The second kappa shape index (κ2) is 13.7. The molecule has 2 atom stereocenters. The van der Waals surface area contributed by atoms with E-state index in [0.717, 1.165) is 0 Å². The molecule has 49 heavy (non-hydrogen) atoms. The second-order valence-electron chi connectivity index (χ2n) is 11.4. The van der Waals surface area contributed by atoms with Crippen molar-refractivity contribution in [2.45, 2.75) is 32.1 Å². The predicted octanol–water partition coefficient (Wildman–Crippen LogP) is 4.74. The third-order valence-electron chi connectivity index (χ3n) is 8.57. The van der Waals surface area contributed by atoms with E-state index < -0.39 is 23.1 Å². The number of anilines is 1. The van der Waals surface area contributed by atoms with Gasteiger partial charge in [-0.2, -0.15) is 4.98 Å². The van der Waals surface area contributed by atoms with Crippen molar-refractivity contribution < 1.29 is 42.5 Å². The quantitative estimate of drug-likeness (QED) is 0.151. The van der Waals surface area contributed by atoms with E-state index in [-0.39, 0.29) is 65.4 Å². The Hall–Kier alpha value is -4.60. The van der Waals surface area contributed by atoms with Crippen molar-refractivity contribution in [1.82, 2.24) is 20.1 Å². The molecule has 0 fully saturated rings. The van der Waals surface area contributed by atoms with Crippen molar-refractivity contribution in [1.29, 1.82) is 0 Å². The summed E-state index contributed by atoms with van der Waals surface area (Å²) in [6, 6.07) is 8.53. The van der Waals surface area contributed by atoms with E-state index in [4.69, 9.17) is 39.7 Å². The van der Waals surface area contributed by atoms with E-state index in [9.17, 15) is 14.4 Å². The zero-order valence-corrected chi connectivity index (χ0v) is 29.6. The molecule has 16 heteroatoms. The predicted molar refractivity (Wildman–Crippen MR) is 180 cm³/mol. The largest absolute Gasteiger partial charge is 0.497 e. The van der Waals surface area contributed by atoms with Crippen molar-refractivity contribution in [2.75, 3.05) is 46.8 Å². The molecule has 3 heterocycles. The van der Waals surface area contributed by atoms with Gasteiger partial charge in [0, 0.05) is 49.7 Å². The highest BCUT2D eigenvalue weighted by atomic mass is 79.9. The number of ketones is 2. The minimum absolute atomic E-state index is 0.00513. The number of aromatic nitrogens is 3. The van der Waals surface area contributed by atoms with Gasteiger partial charge >= 0.3 is 0 Å². The SMILES string of the molecule is COCn1nc(Br)nc1NCCNC(=O)Cc1c(-c2ccc(OC)cc2)oc2c1C(=O)C1(Oc3c(Cl)c(OC)cc(OC)c3C1=O)C(C)C2. The van der Waals surface area contributed by atoms with E-state index in [1.165, 1.54) is 25.0 Å². The van der Waals surface area contributed by atoms with Crippen LogP contribution in [0, 0.1) is 5.92 Å². The first-order valence-corrected chi connectivity index (χ1v) is 16.4. The molecule has 1 amide bonds. The molecule has 0 saturated heterocycles. The van der Waals surface area contributed by atoms with Crippen molar-refractivity contribution in [2.24, 2.45) is 5.92 Å². The van der Waals surface area contributed by atoms with Gasteiger partial charge in [0.25, 0.3) is 0 Å². The number of methoxy groups -OCH3 is 4. The summed E-state index contributed by atoms with van der Waals surface area (Å²) in [4.78, 5) is 46.8. The highest BCUT2D eigenvalue weighted by Gasteiger charge is 2.63. The van der Waals surface area contributed by atoms with Gasteiger partial charge in [-0.3, -0.25) is 14.4 Å². The number of nitrogens with one attached hydrogen (secondary N) is 2. The number of halogens is 2. The molecule has 1 spiro atoms. The van der Waals surface area contributed by atoms with Crippen molar-refractivity contribution >= 4 is 51.0 Å². The van der Waals surface area contributed by atoms with Gasteiger partial charge in [0.2, 0.25) is 33.8 Å². The minimum Gasteiger partial charge on any atom is -0.497 e. The Kier molecular flexibility index (Phi) is 9.60. The van der Waals surface area contributed by atoms with Crippen LogP contribution in [-0.4, -0.2) is 79.4 Å². The maximum atomic E-state index is 14.7. The zero-order chi connectivity index (χ0) is 35.0. The zero-order valence-electron chi connectivity index (χ0n) is 27.3. The van der Waals surface area contributed by atoms with Gasteiger partial charge in [-0.25, -0.2) is 4.68 Å². The molecule has 4 aromatic rings. The highest BCUT2D eigenvalue weighted by molar-refractivity contribution is 9.10. The number of benzene rings is 2. The first-order valence-electron chi connectivity index (χ1n) is 15.2. The van der Waals surface area contributed by atoms with Crippen LogP contribution in [-0.2, 0) is 29.1 Å². The van der Waals surface area contributed by atoms with Gasteiger partial charge in [0.1, 0.15) is 46.1 Å². The van der Waals surface area contributed by atoms with Crippen molar-refractivity contribution in [3.63, 3.8) is 0 Å². The molecular weight excluding hydrogens is 726 g/mol. The van der Waals surface area contributed by atoms with Crippen molar-refractivity contribution in [3.8, 4) is 34.3 Å². The average Bonchev–Trinajstić information content (AvgIpc) is 3.74. The van der Waals surface area contributed by atoms with Crippen LogP contribution in [0.2, 0.25) is 5.02 Å². The molecule has 2 unspecified atom stereocenters. The Morgan fingerprint density at radius 1 is 1.06 bits per heavy atom. The van der Waals surface area contributed by atoms with Gasteiger partial charge in [-0.15, -0.1) is 5.10 Å². The van der Waals surface area contributed by atoms with E-state index in [2.05, 4.69) is 36.6 Å². The molecule has 2 aromatic carbocycles. The van der Waals surface area contributed by atoms with Gasteiger partial charge in [-0.05, 0) is 40.2 Å². The second-order valence-corrected chi connectivity index (χ2v) is 12.5. The Morgan fingerprint density at radius 3 is 2.45 bits per heavy atom. The maximum Gasteiger partial charge on any atom is 0.237 e. The highest BCUT2D eigenvalue weighted by Crippen LogP contribution is 2.54. The summed E-state index contributed by atoms with van der Waals surface area (Å²) in [5.41, 5.74) is -0.850. The minimum atomic E-state index is -1.97. The number of nitrogens with zero attached hydrogens (tertiary/aromatic N) is 3. The number of furan rings is 1. The molecule has 2 aromatic heterocycles. The van der Waals surface area contributed by atoms with Crippen LogP contribution in [0.5, 0.6) is 23.0 Å². The lowest BCUT2D eigenvalue weighted by atomic mass is 9.70. The Labute approximate surface area is 294 Å². The first kappa shape index (κ1) is 34.3. The van der Waals surface area contributed by atoms with Crippen LogP contribution in [0.1, 0.15) is 39.0 Å². The lowest BCUT2D eigenvalue weighted by Crippen LogP contribution is -2.56. The number of Topliss-reactive ketones (excluding diaryl/α,β-unsaturated/α-hetero) is 2. The molecule has 0 bridgehead atoms. The molecule has 2 aliphatic rings. The number of fused-ring (bicyclic) bond motifs is 2. The summed E-state index contributed by atoms with van der Waals surface area (Å²) in [6.45, 7) is 2.47. The van der Waals surface area contributed by atoms with E-state index in [1.807, 2.05) is 0 Å². The summed E-state index contributed by atoms with van der Waals surface area (Å²) in [5.74, 6) is -0.115. The number of rotatable bonds is 12. The number of carbonyl (C=O) groups is 3. The molecular formula is C33H33BrClN5O9. The number of carbonyl (C=O) groups excluding carboxylic acids is 3. The molecule has 0 saturated carbocycles. The van der Waals surface area contributed by atoms with Crippen LogP contribution < -0.4 is 29.6 Å². The fraction of sp³-hybridized carbons (Fsp3) is 0.364. The molecule has 0 radical (unpaired) electrons.